The molecule has 3 rings (SSSR count). The van der Waals surface area contributed by atoms with Crippen LogP contribution in [-0.4, -0.2) is 19.8 Å². The van der Waals surface area contributed by atoms with Gasteiger partial charge in [0.1, 0.15) is 18.1 Å². The molecule has 0 aromatic heterocycles. The molecule has 0 aliphatic heterocycles. The summed E-state index contributed by atoms with van der Waals surface area (Å²) in [7, 11) is 0. The molecule has 0 unspecified atom stereocenters. The summed E-state index contributed by atoms with van der Waals surface area (Å²) >= 11 is 6.07. The van der Waals surface area contributed by atoms with Crippen LogP contribution in [0.1, 0.15) is 5.56 Å². The molecule has 0 radical (unpaired) electrons. The van der Waals surface area contributed by atoms with E-state index < -0.39 is 0 Å². The molecule has 0 saturated carbocycles. The van der Waals surface area contributed by atoms with Crippen molar-refractivity contribution in [3.8, 4) is 11.5 Å². The van der Waals surface area contributed by atoms with E-state index in [0.717, 1.165) is 17.9 Å². The van der Waals surface area contributed by atoms with E-state index >= 15 is 0 Å². The van der Waals surface area contributed by atoms with Crippen LogP contribution in [0.5, 0.6) is 11.5 Å². The largest absolute Gasteiger partial charge is 0.493 e. The monoisotopic (exact) mass is 367 g/mol. The maximum atomic E-state index is 6.07. The summed E-state index contributed by atoms with van der Waals surface area (Å²) in [6.07, 6.45) is 0.893. The Morgan fingerprint density at radius 1 is 0.769 bits per heavy atom. The Labute approximate surface area is 159 Å². The summed E-state index contributed by atoms with van der Waals surface area (Å²) in [6.45, 7) is 1.87. The maximum Gasteiger partial charge on any atom is 0.137 e. The van der Waals surface area contributed by atoms with Gasteiger partial charge in [-0.25, -0.2) is 0 Å². The average Bonchev–Trinajstić information content (AvgIpc) is 2.68. The van der Waals surface area contributed by atoms with E-state index in [4.69, 9.17) is 21.1 Å². The van der Waals surface area contributed by atoms with Crippen LogP contribution in [0.25, 0.3) is 0 Å². The minimum absolute atomic E-state index is 0.531. The van der Waals surface area contributed by atoms with E-state index in [1.54, 1.807) is 0 Å². The van der Waals surface area contributed by atoms with Crippen LogP contribution in [0.2, 0.25) is 5.02 Å². The number of hydrogen-bond acceptors (Lipinski definition) is 3. The summed E-state index contributed by atoms with van der Waals surface area (Å²) in [5.74, 6) is 1.56. The predicted octanol–water partition coefficient (Wildman–Crippen LogP) is 5.45. The Morgan fingerprint density at radius 3 is 2.42 bits per heavy atom. The first-order chi connectivity index (χ1) is 12.8. The van der Waals surface area contributed by atoms with Crippen molar-refractivity contribution in [2.45, 2.75) is 6.42 Å². The molecule has 3 aromatic carbocycles. The van der Waals surface area contributed by atoms with Gasteiger partial charge in [-0.05, 0) is 29.8 Å². The standard InChI is InChI=1S/C22H22ClNO2/c23-21-11-4-5-12-22(21)26-16-14-24-19-9-6-10-20(17-19)25-15-13-18-7-2-1-3-8-18/h1-12,17,24H,13-16H2. The molecule has 134 valence electrons. The third kappa shape index (κ3) is 5.71. The molecule has 26 heavy (non-hydrogen) atoms. The topological polar surface area (TPSA) is 30.5 Å². The highest BCUT2D eigenvalue weighted by Gasteiger charge is 2.00. The second-order valence-electron chi connectivity index (χ2n) is 5.82. The van der Waals surface area contributed by atoms with E-state index in [1.165, 1.54) is 5.56 Å². The van der Waals surface area contributed by atoms with Crippen LogP contribution in [0.4, 0.5) is 5.69 Å². The first-order valence-electron chi connectivity index (χ1n) is 8.69. The predicted molar refractivity (Wildman–Crippen MR) is 108 cm³/mol. The lowest BCUT2D eigenvalue weighted by atomic mass is 10.2. The first kappa shape index (κ1) is 18.2. The molecular weight excluding hydrogens is 346 g/mol. The molecule has 0 amide bonds. The maximum absolute atomic E-state index is 6.07. The van der Waals surface area contributed by atoms with Crippen LogP contribution in [0.15, 0.2) is 78.9 Å². The van der Waals surface area contributed by atoms with E-state index in [9.17, 15) is 0 Å². The third-order valence-corrected chi connectivity index (χ3v) is 4.17. The van der Waals surface area contributed by atoms with Crippen LogP contribution in [0, 0.1) is 0 Å². The van der Waals surface area contributed by atoms with E-state index in [-0.39, 0.29) is 0 Å². The molecule has 0 atom stereocenters. The lowest BCUT2D eigenvalue weighted by Crippen LogP contribution is -2.11. The Morgan fingerprint density at radius 2 is 1.58 bits per heavy atom. The van der Waals surface area contributed by atoms with Crippen molar-refractivity contribution in [2.24, 2.45) is 0 Å². The minimum atomic E-state index is 0.531. The van der Waals surface area contributed by atoms with Crippen molar-refractivity contribution in [2.75, 3.05) is 25.1 Å². The Kier molecular flexibility index (Phi) is 6.80. The highest BCUT2D eigenvalue weighted by atomic mass is 35.5. The van der Waals surface area contributed by atoms with Gasteiger partial charge >= 0.3 is 0 Å². The summed E-state index contributed by atoms with van der Waals surface area (Å²) in [5, 5.41) is 3.96. The molecule has 0 aliphatic carbocycles. The van der Waals surface area contributed by atoms with Crippen molar-refractivity contribution >= 4 is 17.3 Å². The van der Waals surface area contributed by atoms with Crippen LogP contribution in [0.3, 0.4) is 0 Å². The normalized spacial score (nSPS) is 10.3. The third-order valence-electron chi connectivity index (χ3n) is 3.86. The minimum Gasteiger partial charge on any atom is -0.493 e. The van der Waals surface area contributed by atoms with Gasteiger partial charge in [0, 0.05) is 24.7 Å². The summed E-state index contributed by atoms with van der Waals surface area (Å²) in [5.41, 5.74) is 2.28. The van der Waals surface area contributed by atoms with Gasteiger partial charge in [0.15, 0.2) is 0 Å². The fourth-order valence-corrected chi connectivity index (χ4v) is 2.74. The zero-order valence-electron chi connectivity index (χ0n) is 14.5. The molecule has 0 fully saturated rings. The summed E-state index contributed by atoms with van der Waals surface area (Å²) < 4.78 is 11.5. The molecule has 0 aliphatic rings. The molecule has 3 nitrogen and oxygen atoms in total. The van der Waals surface area contributed by atoms with Crippen LogP contribution >= 0.6 is 11.6 Å². The molecule has 4 heteroatoms. The number of benzene rings is 3. The quantitative estimate of drug-likeness (QED) is 0.510. The van der Waals surface area contributed by atoms with Gasteiger partial charge in [0.2, 0.25) is 0 Å². The van der Waals surface area contributed by atoms with Crippen molar-refractivity contribution in [1.29, 1.82) is 0 Å². The number of halogens is 1. The lowest BCUT2D eigenvalue weighted by Gasteiger charge is -2.11. The second kappa shape index (κ2) is 9.73. The smallest absolute Gasteiger partial charge is 0.137 e. The number of anilines is 1. The Bertz CT molecular complexity index is 808. The molecule has 0 saturated heterocycles. The summed E-state index contributed by atoms with van der Waals surface area (Å²) in [4.78, 5) is 0. The highest BCUT2D eigenvalue weighted by molar-refractivity contribution is 6.32. The number of hydrogen-bond donors (Lipinski definition) is 1. The molecular formula is C22H22ClNO2. The molecule has 1 N–H and O–H groups in total. The molecule has 0 spiro atoms. The van der Waals surface area contributed by atoms with Gasteiger partial charge in [0.25, 0.3) is 0 Å². The van der Waals surface area contributed by atoms with Gasteiger partial charge in [-0.15, -0.1) is 0 Å². The van der Waals surface area contributed by atoms with Crippen molar-refractivity contribution < 1.29 is 9.47 Å². The second-order valence-corrected chi connectivity index (χ2v) is 6.22. The van der Waals surface area contributed by atoms with Crippen molar-refractivity contribution in [3.63, 3.8) is 0 Å². The zero-order chi connectivity index (χ0) is 18.0. The van der Waals surface area contributed by atoms with E-state index in [0.29, 0.717) is 30.5 Å². The first-order valence-corrected chi connectivity index (χ1v) is 9.07. The molecule has 3 aromatic rings. The fraction of sp³-hybridized carbons (Fsp3) is 0.182. The number of nitrogens with one attached hydrogen (secondary N) is 1. The average molecular weight is 368 g/mol. The zero-order valence-corrected chi connectivity index (χ0v) is 15.3. The SMILES string of the molecule is Clc1ccccc1OCCNc1cccc(OCCc2ccccc2)c1. The number of rotatable bonds is 9. The van der Waals surface area contributed by atoms with Crippen molar-refractivity contribution in [1.82, 2.24) is 0 Å². The van der Waals surface area contributed by atoms with E-state index in [1.807, 2.05) is 66.7 Å². The lowest BCUT2D eigenvalue weighted by molar-refractivity contribution is 0.322. The summed E-state index contributed by atoms with van der Waals surface area (Å²) in [6, 6.07) is 25.8. The Hall–Kier alpha value is -2.65. The highest BCUT2D eigenvalue weighted by Crippen LogP contribution is 2.23. The van der Waals surface area contributed by atoms with Gasteiger partial charge in [-0.1, -0.05) is 60.1 Å². The van der Waals surface area contributed by atoms with Crippen LogP contribution in [-0.2, 0) is 6.42 Å². The fourth-order valence-electron chi connectivity index (χ4n) is 2.55. The van der Waals surface area contributed by atoms with Gasteiger partial charge < -0.3 is 14.8 Å². The van der Waals surface area contributed by atoms with Crippen LogP contribution < -0.4 is 14.8 Å². The van der Waals surface area contributed by atoms with Gasteiger partial charge in [0.05, 0.1) is 11.6 Å². The van der Waals surface area contributed by atoms with Gasteiger partial charge in [-0.2, -0.15) is 0 Å². The number of ether oxygens (including phenoxy) is 2. The number of para-hydroxylation sites is 1. The van der Waals surface area contributed by atoms with E-state index in [2.05, 4.69) is 17.4 Å². The molecule has 0 bridgehead atoms. The van der Waals surface area contributed by atoms with Gasteiger partial charge in [-0.3, -0.25) is 0 Å². The van der Waals surface area contributed by atoms with Crippen molar-refractivity contribution in [3.05, 3.63) is 89.4 Å². The molecule has 0 heterocycles. The Balaban J connectivity index is 1.41.